The van der Waals surface area contributed by atoms with Gasteiger partial charge in [0.2, 0.25) is 0 Å². The molecule has 1 aromatic rings. The average molecular weight is 255 g/mol. The number of hydrogen-bond donors (Lipinski definition) is 0. The van der Waals surface area contributed by atoms with Crippen molar-refractivity contribution in [3.05, 3.63) is 58.7 Å². The highest BCUT2D eigenvalue weighted by Gasteiger charge is 2.06. The summed E-state index contributed by atoms with van der Waals surface area (Å²) in [5.74, 6) is 0. The Kier molecular flexibility index (Phi) is 6.27. The van der Waals surface area contributed by atoms with Crippen LogP contribution in [0.4, 0.5) is 0 Å². The van der Waals surface area contributed by atoms with E-state index in [-0.39, 0.29) is 0 Å². The largest absolute Gasteiger partial charge is 0.288 e. The van der Waals surface area contributed by atoms with Crippen LogP contribution in [0.15, 0.2) is 52.6 Å². The lowest BCUT2D eigenvalue weighted by molar-refractivity contribution is 1.02. The van der Waals surface area contributed by atoms with Crippen molar-refractivity contribution < 1.29 is 0 Å². The van der Waals surface area contributed by atoms with Gasteiger partial charge >= 0.3 is 0 Å². The van der Waals surface area contributed by atoms with Crippen molar-refractivity contribution in [3.8, 4) is 0 Å². The molecule has 0 atom stereocenters. The minimum absolute atomic E-state index is 1.04. The van der Waals surface area contributed by atoms with Gasteiger partial charge in [-0.1, -0.05) is 44.2 Å². The molecule has 0 aliphatic rings. The highest BCUT2D eigenvalue weighted by molar-refractivity contribution is 6.10. The molecule has 1 heteroatoms. The molecule has 0 N–H and O–H groups in total. The molecular formula is C18H25N. The SMILES string of the molecule is C\C=C(CC)/C(=C\C(=N\C)c1ccccc1C)CC. The van der Waals surface area contributed by atoms with Gasteiger partial charge < -0.3 is 0 Å². The Bertz CT molecular complexity index is 504. The monoisotopic (exact) mass is 255 g/mol. The first-order chi connectivity index (χ1) is 9.17. The van der Waals surface area contributed by atoms with E-state index in [1.807, 2.05) is 7.05 Å². The van der Waals surface area contributed by atoms with Gasteiger partial charge in [0.05, 0.1) is 5.71 Å². The summed E-state index contributed by atoms with van der Waals surface area (Å²) in [6.07, 6.45) is 6.56. The van der Waals surface area contributed by atoms with E-state index in [1.54, 1.807) is 0 Å². The Balaban J connectivity index is 3.22. The van der Waals surface area contributed by atoms with Gasteiger partial charge in [0, 0.05) is 12.6 Å². The molecule has 0 amide bonds. The van der Waals surface area contributed by atoms with E-state index in [9.17, 15) is 0 Å². The van der Waals surface area contributed by atoms with Crippen LogP contribution < -0.4 is 0 Å². The first-order valence-electron chi connectivity index (χ1n) is 7.06. The molecule has 0 fully saturated rings. The van der Waals surface area contributed by atoms with E-state index in [0.717, 1.165) is 18.6 Å². The molecular weight excluding hydrogens is 230 g/mol. The lowest BCUT2D eigenvalue weighted by Crippen LogP contribution is -2.02. The predicted molar refractivity (Wildman–Crippen MR) is 86.1 cm³/mol. The van der Waals surface area contributed by atoms with E-state index in [2.05, 4.69) is 69.1 Å². The van der Waals surface area contributed by atoms with Crippen molar-refractivity contribution in [1.82, 2.24) is 0 Å². The van der Waals surface area contributed by atoms with Crippen molar-refractivity contribution in [2.75, 3.05) is 7.05 Å². The van der Waals surface area contributed by atoms with E-state index >= 15 is 0 Å². The number of aryl methyl sites for hydroxylation is 1. The number of aliphatic imine (C=N–C) groups is 1. The molecule has 1 nitrogen and oxygen atoms in total. The summed E-state index contributed by atoms with van der Waals surface area (Å²) in [5, 5.41) is 0. The molecule has 0 bridgehead atoms. The Labute approximate surface area is 117 Å². The average Bonchev–Trinajstić information content (AvgIpc) is 2.44. The molecule has 1 rings (SSSR count). The van der Waals surface area contributed by atoms with Crippen LogP contribution in [0.25, 0.3) is 0 Å². The van der Waals surface area contributed by atoms with E-state index in [4.69, 9.17) is 0 Å². The molecule has 0 aliphatic carbocycles. The summed E-state index contributed by atoms with van der Waals surface area (Å²) in [4.78, 5) is 4.47. The lowest BCUT2D eigenvalue weighted by Gasteiger charge is -2.11. The highest BCUT2D eigenvalue weighted by Crippen LogP contribution is 2.19. The summed E-state index contributed by atoms with van der Waals surface area (Å²) in [5.41, 5.74) is 6.37. The van der Waals surface area contributed by atoms with Gasteiger partial charge in [-0.15, -0.1) is 0 Å². The molecule has 19 heavy (non-hydrogen) atoms. The molecule has 0 aliphatic heterocycles. The Morgan fingerprint density at radius 2 is 1.74 bits per heavy atom. The third-order valence-electron chi connectivity index (χ3n) is 3.50. The Morgan fingerprint density at radius 1 is 1.11 bits per heavy atom. The maximum absolute atomic E-state index is 4.47. The highest BCUT2D eigenvalue weighted by atomic mass is 14.7. The molecule has 0 saturated heterocycles. The minimum atomic E-state index is 1.04. The van der Waals surface area contributed by atoms with Crippen LogP contribution in [0.3, 0.4) is 0 Å². The zero-order valence-electron chi connectivity index (χ0n) is 12.8. The van der Waals surface area contributed by atoms with Crippen molar-refractivity contribution in [3.63, 3.8) is 0 Å². The second-order valence-electron chi connectivity index (χ2n) is 4.61. The maximum atomic E-state index is 4.47. The molecule has 0 spiro atoms. The minimum Gasteiger partial charge on any atom is -0.288 e. The van der Waals surface area contributed by atoms with Gasteiger partial charge in [-0.25, -0.2) is 0 Å². The Hall–Kier alpha value is -1.63. The van der Waals surface area contributed by atoms with Crippen LogP contribution in [0.1, 0.15) is 44.7 Å². The van der Waals surface area contributed by atoms with Crippen LogP contribution in [0.5, 0.6) is 0 Å². The van der Waals surface area contributed by atoms with Gasteiger partial charge in [0.15, 0.2) is 0 Å². The van der Waals surface area contributed by atoms with Crippen molar-refractivity contribution >= 4 is 5.71 Å². The van der Waals surface area contributed by atoms with Gasteiger partial charge in [0.25, 0.3) is 0 Å². The molecule has 0 heterocycles. The van der Waals surface area contributed by atoms with Gasteiger partial charge in [-0.2, -0.15) is 0 Å². The number of hydrogen-bond acceptors (Lipinski definition) is 1. The second kappa shape index (κ2) is 7.73. The molecule has 0 saturated carbocycles. The fraction of sp³-hybridized carbons (Fsp3) is 0.389. The Morgan fingerprint density at radius 3 is 2.21 bits per heavy atom. The molecule has 102 valence electrons. The smallest absolute Gasteiger partial charge is 0.0648 e. The third kappa shape index (κ3) is 3.92. The van der Waals surface area contributed by atoms with Crippen molar-refractivity contribution in [2.45, 2.75) is 40.5 Å². The summed E-state index contributed by atoms with van der Waals surface area (Å²) in [6, 6.07) is 8.42. The quantitative estimate of drug-likeness (QED) is 0.512. The van der Waals surface area contributed by atoms with E-state index in [1.165, 1.54) is 22.3 Å². The number of benzene rings is 1. The molecule has 1 aromatic carbocycles. The fourth-order valence-electron chi connectivity index (χ4n) is 2.33. The summed E-state index contributed by atoms with van der Waals surface area (Å²) < 4.78 is 0. The number of rotatable bonds is 5. The molecule has 0 unspecified atom stereocenters. The van der Waals surface area contributed by atoms with E-state index < -0.39 is 0 Å². The standard InChI is InChI=1S/C18H25N/c1-6-15(7-2)16(8-3)13-18(19-5)17-12-10-9-11-14(17)4/h6,9-13H,7-8H2,1-5H3/b15-6-,16-13-,19-18-. The maximum Gasteiger partial charge on any atom is 0.0648 e. The molecule has 0 aromatic heterocycles. The van der Waals surface area contributed by atoms with Crippen LogP contribution in [0.2, 0.25) is 0 Å². The van der Waals surface area contributed by atoms with Crippen molar-refractivity contribution in [1.29, 1.82) is 0 Å². The zero-order chi connectivity index (χ0) is 14.3. The molecule has 0 radical (unpaired) electrons. The van der Waals surface area contributed by atoms with E-state index in [0.29, 0.717) is 0 Å². The summed E-state index contributed by atoms with van der Waals surface area (Å²) >= 11 is 0. The second-order valence-corrected chi connectivity index (χ2v) is 4.61. The first kappa shape index (κ1) is 15.4. The van der Waals surface area contributed by atoms with Crippen LogP contribution in [0, 0.1) is 6.92 Å². The summed E-state index contributed by atoms with van der Waals surface area (Å²) in [6.45, 7) is 8.65. The normalized spacial score (nSPS) is 13.8. The first-order valence-corrected chi connectivity index (χ1v) is 7.06. The predicted octanol–water partition coefficient (Wildman–Crippen LogP) is 5.11. The van der Waals surface area contributed by atoms with Crippen molar-refractivity contribution in [2.24, 2.45) is 4.99 Å². The number of nitrogens with zero attached hydrogens (tertiary/aromatic N) is 1. The van der Waals surface area contributed by atoms with Crippen LogP contribution >= 0.6 is 0 Å². The lowest BCUT2D eigenvalue weighted by atomic mass is 9.96. The van der Waals surface area contributed by atoms with Crippen LogP contribution in [-0.4, -0.2) is 12.8 Å². The van der Waals surface area contributed by atoms with Crippen LogP contribution in [-0.2, 0) is 0 Å². The topological polar surface area (TPSA) is 12.4 Å². The van der Waals surface area contributed by atoms with Gasteiger partial charge in [-0.05, 0) is 49.5 Å². The number of allylic oxidation sites excluding steroid dienone is 4. The zero-order valence-corrected chi connectivity index (χ0v) is 12.8. The van der Waals surface area contributed by atoms with Gasteiger partial charge in [0.1, 0.15) is 0 Å². The summed E-state index contributed by atoms with van der Waals surface area (Å²) in [7, 11) is 1.87. The van der Waals surface area contributed by atoms with Gasteiger partial charge in [-0.3, -0.25) is 4.99 Å². The fourth-order valence-corrected chi connectivity index (χ4v) is 2.33. The third-order valence-corrected chi connectivity index (χ3v) is 3.50.